The maximum absolute atomic E-state index is 16.9. The average Bonchev–Trinajstić information content (AvgIpc) is 3.91. The van der Waals surface area contributed by atoms with Crippen LogP contribution in [-0.2, 0) is 25.6 Å². The second-order valence-corrected chi connectivity index (χ2v) is 19.7. The van der Waals surface area contributed by atoms with Crippen molar-refractivity contribution >= 4 is 46.2 Å². The standard InChI is InChI=1S/C49H57FN10O8S/c1-8-15-58(46(62)49(65,26(4)5)57-48(64)67-7)24-39-51-21-33(54-39)29-18-31(50)40-36-19-30-17-28(13-14-34(30)60(36)45(68-37(40)20-29)38-23-53-43(69-38)27-11-12-27)32-22-52-42(55-32)35-10-9-16-59(35)44(61)41(25(2)3)56-47(63)66-6/h13-14,17-23,25-27,35,41,45,65H,8-12,15-16,24H2,1-7H3,(H,51,54)(H,52,55)(H,56,63)(H,57,64)/t35-,41-,45?,49-/m0/s1. The number of H-pyrrole nitrogens is 2. The molecule has 0 radical (unpaired) electrons. The number of halogens is 1. The third-order valence-electron chi connectivity index (χ3n) is 13.2. The topological polar surface area (TPSA) is 222 Å². The number of likely N-dealkylation sites (tertiary alicyclic amines) is 1. The van der Waals surface area contributed by atoms with Gasteiger partial charge < -0.3 is 44.4 Å². The summed E-state index contributed by atoms with van der Waals surface area (Å²) in [7, 11) is 2.42. The Morgan fingerprint density at radius 2 is 1.72 bits per heavy atom. The monoisotopic (exact) mass is 964 g/mol. The zero-order valence-corrected chi connectivity index (χ0v) is 40.4. The highest BCUT2D eigenvalue weighted by Crippen LogP contribution is 2.49. The first-order chi connectivity index (χ1) is 33.1. The molecule has 2 aliphatic heterocycles. The van der Waals surface area contributed by atoms with Crippen LogP contribution in [0.3, 0.4) is 0 Å². The van der Waals surface area contributed by atoms with Crippen LogP contribution in [0.1, 0.15) is 106 Å². The van der Waals surface area contributed by atoms with Crippen LogP contribution < -0.4 is 15.4 Å². The van der Waals surface area contributed by atoms with E-state index in [-0.39, 0.29) is 31.0 Å². The van der Waals surface area contributed by atoms with Gasteiger partial charge in [-0.15, -0.1) is 11.3 Å². The highest BCUT2D eigenvalue weighted by molar-refractivity contribution is 7.11. The first-order valence-corrected chi connectivity index (χ1v) is 24.2. The maximum Gasteiger partial charge on any atom is 0.409 e. The number of imidazole rings is 2. The van der Waals surface area contributed by atoms with Crippen molar-refractivity contribution in [1.29, 1.82) is 0 Å². The van der Waals surface area contributed by atoms with Gasteiger partial charge in [-0.25, -0.2) is 28.9 Å². The Bertz CT molecular complexity index is 2920. The minimum absolute atomic E-state index is 0.0270. The van der Waals surface area contributed by atoms with Gasteiger partial charge in [0.15, 0.2) is 0 Å². The van der Waals surface area contributed by atoms with Crippen molar-refractivity contribution in [2.45, 2.75) is 103 Å². The first-order valence-electron chi connectivity index (χ1n) is 23.4. The van der Waals surface area contributed by atoms with Crippen LogP contribution in [0.2, 0.25) is 0 Å². The zero-order chi connectivity index (χ0) is 48.9. The van der Waals surface area contributed by atoms with E-state index in [4.69, 9.17) is 19.4 Å². The minimum atomic E-state index is -2.23. The molecule has 5 N–H and O–H groups in total. The quantitative estimate of drug-likeness (QED) is 0.0621. The number of aromatic nitrogens is 6. The number of benzene rings is 2. The molecule has 4 amide bonds. The molecule has 9 rings (SSSR count). The van der Waals surface area contributed by atoms with Crippen LogP contribution in [0.5, 0.6) is 5.75 Å². The summed E-state index contributed by atoms with van der Waals surface area (Å²) in [5.41, 5.74) is 2.06. The number of methoxy groups -OCH3 is 2. The third kappa shape index (κ3) is 9.02. The minimum Gasteiger partial charge on any atom is -0.464 e. The maximum atomic E-state index is 16.9. The molecule has 1 unspecified atom stereocenters. The molecule has 3 aliphatic rings. The number of carbonyl (C=O) groups is 4. The first kappa shape index (κ1) is 47.3. The van der Waals surface area contributed by atoms with E-state index in [9.17, 15) is 24.3 Å². The lowest BCUT2D eigenvalue weighted by Gasteiger charge is -2.35. The van der Waals surface area contributed by atoms with Crippen molar-refractivity contribution < 1.29 is 42.9 Å². The van der Waals surface area contributed by atoms with Gasteiger partial charge in [0.05, 0.1) is 77.2 Å². The molecule has 1 saturated carbocycles. The second-order valence-electron chi connectivity index (χ2n) is 18.6. The lowest BCUT2D eigenvalue weighted by molar-refractivity contribution is -0.160. The molecule has 18 nitrogen and oxygen atoms in total. The molecule has 1 saturated heterocycles. The Morgan fingerprint density at radius 1 is 0.971 bits per heavy atom. The third-order valence-corrected chi connectivity index (χ3v) is 14.4. The van der Waals surface area contributed by atoms with Gasteiger partial charge in [-0.2, -0.15) is 0 Å². The molecule has 364 valence electrons. The van der Waals surface area contributed by atoms with Gasteiger partial charge in [0, 0.05) is 47.6 Å². The number of nitrogens with one attached hydrogen (secondary N) is 4. The van der Waals surface area contributed by atoms with E-state index in [2.05, 4.69) is 30.3 Å². The van der Waals surface area contributed by atoms with E-state index < -0.39 is 47.8 Å². The average molecular weight is 965 g/mol. The summed E-state index contributed by atoms with van der Waals surface area (Å²) >= 11 is 1.60. The molecule has 20 heteroatoms. The van der Waals surface area contributed by atoms with E-state index in [0.29, 0.717) is 65.2 Å². The lowest BCUT2D eigenvalue weighted by Crippen LogP contribution is -2.62. The molecule has 2 fully saturated rings. The summed E-state index contributed by atoms with van der Waals surface area (Å²) in [6, 6.07) is 10.1. The van der Waals surface area contributed by atoms with Gasteiger partial charge in [0.2, 0.25) is 17.9 Å². The number of aromatic amines is 2. The van der Waals surface area contributed by atoms with Crippen molar-refractivity contribution in [1.82, 2.24) is 49.9 Å². The predicted molar refractivity (Wildman–Crippen MR) is 254 cm³/mol. The van der Waals surface area contributed by atoms with Crippen LogP contribution >= 0.6 is 11.3 Å². The number of fused-ring (bicyclic) bond motifs is 5. The summed E-state index contributed by atoms with van der Waals surface area (Å²) < 4.78 is 35.2. The molecule has 0 bridgehead atoms. The molecule has 6 heterocycles. The van der Waals surface area contributed by atoms with E-state index in [1.807, 2.05) is 55.8 Å². The van der Waals surface area contributed by atoms with Gasteiger partial charge in [-0.1, -0.05) is 40.7 Å². The van der Waals surface area contributed by atoms with Crippen LogP contribution in [0.4, 0.5) is 14.0 Å². The molecule has 4 aromatic heterocycles. The number of aliphatic hydroxyl groups is 1. The number of thiazole rings is 1. The Kier molecular flexibility index (Phi) is 13.0. The summed E-state index contributed by atoms with van der Waals surface area (Å²) in [5, 5.41) is 18.3. The Balaban J connectivity index is 1.03. The number of amides is 4. The molecule has 69 heavy (non-hydrogen) atoms. The lowest BCUT2D eigenvalue weighted by atomic mass is 9.97. The molecular weight excluding hydrogens is 908 g/mol. The van der Waals surface area contributed by atoms with Crippen LogP contribution in [-0.4, -0.2) is 107 Å². The van der Waals surface area contributed by atoms with Crippen LogP contribution in [0, 0.1) is 17.7 Å². The van der Waals surface area contributed by atoms with Crippen molar-refractivity contribution in [2.24, 2.45) is 11.8 Å². The van der Waals surface area contributed by atoms with Crippen molar-refractivity contribution in [2.75, 3.05) is 27.3 Å². The predicted octanol–water partition coefficient (Wildman–Crippen LogP) is 7.98. The van der Waals surface area contributed by atoms with Gasteiger partial charge in [0.1, 0.15) is 29.3 Å². The number of carbonyl (C=O) groups excluding carboxylic acids is 4. The molecule has 0 spiro atoms. The van der Waals surface area contributed by atoms with Crippen molar-refractivity contribution in [3.63, 3.8) is 0 Å². The fourth-order valence-electron chi connectivity index (χ4n) is 9.25. The van der Waals surface area contributed by atoms with Crippen molar-refractivity contribution in [3.8, 4) is 39.5 Å². The summed E-state index contributed by atoms with van der Waals surface area (Å²) in [6.07, 6.45) is 7.14. The smallest absolute Gasteiger partial charge is 0.409 e. The van der Waals surface area contributed by atoms with Crippen LogP contribution in [0.15, 0.2) is 55.0 Å². The number of alkyl carbamates (subject to hydrolysis) is 2. The fraction of sp³-hybridized carbons (Fsp3) is 0.449. The zero-order valence-electron chi connectivity index (χ0n) is 39.6. The molecular formula is C49H57FN10O8S. The van der Waals surface area contributed by atoms with E-state index in [1.165, 1.54) is 18.1 Å². The summed E-state index contributed by atoms with van der Waals surface area (Å²) in [5.74, 6) is -0.493. The van der Waals surface area contributed by atoms with Gasteiger partial charge >= 0.3 is 12.2 Å². The SMILES string of the molecule is CCCN(Cc1ncc(-c2cc(F)c3c(c2)OC(c2cnc(C4CC4)s2)n2c-3cc3cc(-c4cnc([C@@H]5CCCN5C(=O)[C@@H](NC(=O)OC)C(C)C)[nH]4)ccc32)[nH]1)C(=O)[C@](O)(NC(=O)OC)C(C)C. The normalized spacial score (nSPS) is 17.8. The Morgan fingerprint density at radius 3 is 2.43 bits per heavy atom. The Hall–Kier alpha value is -6.80. The number of rotatable bonds is 15. The summed E-state index contributed by atoms with van der Waals surface area (Å²) in [6.45, 7) is 9.64. The second kappa shape index (κ2) is 18.9. The number of nitrogens with zero attached hydrogens (tertiary/aromatic N) is 6. The van der Waals surface area contributed by atoms with Gasteiger partial charge in [0.25, 0.3) is 5.91 Å². The van der Waals surface area contributed by atoms with E-state index in [1.54, 1.807) is 48.5 Å². The molecule has 6 aromatic rings. The Labute approximate surface area is 402 Å². The largest absolute Gasteiger partial charge is 0.464 e. The number of ether oxygens (including phenoxy) is 3. The van der Waals surface area contributed by atoms with Gasteiger partial charge in [-0.3, -0.25) is 19.5 Å². The molecule has 2 aromatic carbocycles. The van der Waals surface area contributed by atoms with E-state index >= 15 is 4.39 Å². The van der Waals surface area contributed by atoms with Crippen LogP contribution in [0.25, 0.3) is 44.7 Å². The number of hydrogen-bond acceptors (Lipinski definition) is 12. The fourth-order valence-corrected chi connectivity index (χ4v) is 10.4. The highest BCUT2D eigenvalue weighted by atomic mass is 32.1. The number of hydrogen-bond donors (Lipinski definition) is 5. The highest BCUT2D eigenvalue weighted by Gasteiger charge is 2.45. The van der Waals surface area contributed by atoms with Crippen molar-refractivity contribution in [3.05, 3.63) is 82.3 Å². The van der Waals surface area contributed by atoms with Gasteiger partial charge in [-0.05, 0) is 68.4 Å². The summed E-state index contributed by atoms with van der Waals surface area (Å²) in [4.78, 5) is 76.7. The van der Waals surface area contributed by atoms with E-state index in [0.717, 1.165) is 58.4 Å². The molecule has 4 atom stereocenters. The molecule has 1 aliphatic carbocycles.